The lowest BCUT2D eigenvalue weighted by Gasteiger charge is -1.94. The number of aromatic hydroxyl groups is 1. The standard InChI is InChI=1S/C9H5FO3S/c10-7-5(11)2-1-4-3-6(9(12)13)14-8(4)7/h1-3,11H,(H,12,13). The fourth-order valence-corrected chi connectivity index (χ4v) is 2.10. The van der Waals surface area contributed by atoms with Crippen molar-refractivity contribution in [1.29, 1.82) is 0 Å². The molecule has 14 heavy (non-hydrogen) atoms. The topological polar surface area (TPSA) is 57.5 Å². The molecule has 3 nitrogen and oxygen atoms in total. The Morgan fingerprint density at radius 1 is 1.43 bits per heavy atom. The monoisotopic (exact) mass is 212 g/mol. The first-order valence-corrected chi connectivity index (χ1v) is 4.55. The van der Waals surface area contributed by atoms with E-state index >= 15 is 0 Å². The molecular formula is C9H5FO3S. The zero-order chi connectivity index (χ0) is 10.3. The fourth-order valence-electron chi connectivity index (χ4n) is 1.16. The normalized spacial score (nSPS) is 10.6. The summed E-state index contributed by atoms with van der Waals surface area (Å²) in [7, 11) is 0. The molecule has 2 rings (SSSR count). The lowest BCUT2D eigenvalue weighted by Crippen LogP contribution is -1.89. The Kier molecular flexibility index (Phi) is 1.89. The molecule has 0 spiro atoms. The molecular weight excluding hydrogens is 207 g/mol. The smallest absolute Gasteiger partial charge is 0.345 e. The first-order valence-electron chi connectivity index (χ1n) is 3.74. The van der Waals surface area contributed by atoms with Crippen LogP contribution in [-0.2, 0) is 0 Å². The summed E-state index contributed by atoms with van der Waals surface area (Å²) in [4.78, 5) is 10.7. The van der Waals surface area contributed by atoms with Crippen molar-refractivity contribution in [1.82, 2.24) is 0 Å². The molecule has 0 aliphatic heterocycles. The maximum absolute atomic E-state index is 13.2. The van der Waals surface area contributed by atoms with Gasteiger partial charge in [-0.1, -0.05) is 0 Å². The summed E-state index contributed by atoms with van der Waals surface area (Å²) < 4.78 is 13.4. The quantitative estimate of drug-likeness (QED) is 0.763. The molecule has 2 N–H and O–H groups in total. The number of hydrogen-bond donors (Lipinski definition) is 2. The van der Waals surface area contributed by atoms with Gasteiger partial charge in [0.25, 0.3) is 0 Å². The van der Waals surface area contributed by atoms with E-state index in [1.54, 1.807) is 0 Å². The minimum atomic E-state index is -1.09. The van der Waals surface area contributed by atoms with Crippen molar-refractivity contribution in [3.05, 3.63) is 28.9 Å². The van der Waals surface area contributed by atoms with Crippen LogP contribution in [0.2, 0.25) is 0 Å². The van der Waals surface area contributed by atoms with Crippen LogP contribution in [0.25, 0.3) is 10.1 Å². The molecule has 0 atom stereocenters. The summed E-state index contributed by atoms with van der Waals surface area (Å²) in [6.07, 6.45) is 0. The number of carboxylic acids is 1. The molecule has 0 fully saturated rings. The van der Waals surface area contributed by atoms with E-state index in [0.717, 1.165) is 11.3 Å². The van der Waals surface area contributed by atoms with Crippen molar-refractivity contribution in [2.45, 2.75) is 0 Å². The molecule has 1 aromatic carbocycles. The second kappa shape index (κ2) is 2.95. The number of hydrogen-bond acceptors (Lipinski definition) is 3. The number of rotatable bonds is 1. The van der Waals surface area contributed by atoms with Crippen LogP contribution in [0.4, 0.5) is 4.39 Å². The molecule has 1 heterocycles. The van der Waals surface area contributed by atoms with E-state index < -0.39 is 17.5 Å². The van der Waals surface area contributed by atoms with E-state index in [9.17, 15) is 9.18 Å². The number of benzene rings is 1. The van der Waals surface area contributed by atoms with E-state index in [0.29, 0.717) is 5.39 Å². The second-order valence-corrected chi connectivity index (χ2v) is 3.79. The van der Waals surface area contributed by atoms with Gasteiger partial charge in [-0.3, -0.25) is 0 Å². The maximum Gasteiger partial charge on any atom is 0.345 e. The Hall–Kier alpha value is -1.62. The summed E-state index contributed by atoms with van der Waals surface area (Å²) >= 11 is 0.812. The molecule has 0 aliphatic carbocycles. The first kappa shape index (κ1) is 8.96. The van der Waals surface area contributed by atoms with Gasteiger partial charge in [0.15, 0.2) is 11.6 Å². The summed E-state index contributed by atoms with van der Waals surface area (Å²) in [5.74, 6) is -2.32. The van der Waals surface area contributed by atoms with Gasteiger partial charge < -0.3 is 10.2 Å². The van der Waals surface area contributed by atoms with Gasteiger partial charge in [0.1, 0.15) is 4.88 Å². The molecule has 0 bridgehead atoms. The number of halogens is 1. The Labute approximate surface area is 82.0 Å². The van der Waals surface area contributed by atoms with Crippen LogP contribution in [0.15, 0.2) is 18.2 Å². The van der Waals surface area contributed by atoms with Crippen molar-refractivity contribution < 1.29 is 19.4 Å². The number of carboxylic acid groups (broad SMARTS) is 1. The number of phenolic OH excluding ortho intramolecular Hbond substituents is 1. The maximum atomic E-state index is 13.2. The highest BCUT2D eigenvalue weighted by Crippen LogP contribution is 2.32. The molecule has 2 aromatic rings. The Morgan fingerprint density at radius 3 is 2.79 bits per heavy atom. The van der Waals surface area contributed by atoms with Crippen LogP contribution in [0.1, 0.15) is 9.67 Å². The van der Waals surface area contributed by atoms with E-state index in [2.05, 4.69) is 0 Å². The van der Waals surface area contributed by atoms with Crippen molar-refractivity contribution in [3.8, 4) is 5.75 Å². The van der Waals surface area contributed by atoms with Crippen LogP contribution in [0.5, 0.6) is 5.75 Å². The highest BCUT2D eigenvalue weighted by Gasteiger charge is 2.13. The Morgan fingerprint density at radius 2 is 2.14 bits per heavy atom. The van der Waals surface area contributed by atoms with E-state index in [-0.39, 0.29) is 9.58 Å². The summed E-state index contributed by atoms with van der Waals surface area (Å²) in [5.41, 5.74) is 0. The molecule has 5 heteroatoms. The third kappa shape index (κ3) is 1.22. The molecule has 1 aromatic heterocycles. The molecule has 0 saturated carbocycles. The second-order valence-electron chi connectivity index (χ2n) is 2.73. The average molecular weight is 212 g/mol. The van der Waals surface area contributed by atoms with Crippen LogP contribution >= 0.6 is 11.3 Å². The van der Waals surface area contributed by atoms with Gasteiger partial charge in [0.05, 0.1) is 4.70 Å². The van der Waals surface area contributed by atoms with Crippen molar-refractivity contribution in [2.24, 2.45) is 0 Å². The van der Waals surface area contributed by atoms with Gasteiger partial charge in [-0.15, -0.1) is 11.3 Å². The molecule has 72 valence electrons. The highest BCUT2D eigenvalue weighted by atomic mass is 32.1. The summed E-state index contributed by atoms with van der Waals surface area (Å²) in [5, 5.41) is 18.2. The van der Waals surface area contributed by atoms with Gasteiger partial charge in [-0.25, -0.2) is 9.18 Å². The van der Waals surface area contributed by atoms with Crippen molar-refractivity contribution >= 4 is 27.4 Å². The third-order valence-electron chi connectivity index (χ3n) is 1.82. The van der Waals surface area contributed by atoms with Gasteiger partial charge >= 0.3 is 5.97 Å². The van der Waals surface area contributed by atoms with E-state index in [1.807, 2.05) is 0 Å². The largest absolute Gasteiger partial charge is 0.505 e. The summed E-state index contributed by atoms with van der Waals surface area (Å²) in [6, 6.07) is 4.07. The zero-order valence-corrected chi connectivity index (χ0v) is 7.64. The number of phenols is 1. The van der Waals surface area contributed by atoms with Crippen molar-refractivity contribution in [3.63, 3.8) is 0 Å². The predicted molar refractivity (Wildman–Crippen MR) is 50.4 cm³/mol. The highest BCUT2D eigenvalue weighted by molar-refractivity contribution is 7.20. The molecule has 0 saturated heterocycles. The Bertz CT molecular complexity index is 518. The summed E-state index contributed by atoms with van der Waals surface area (Å²) in [6.45, 7) is 0. The SMILES string of the molecule is O=C(O)c1cc2ccc(O)c(F)c2s1. The van der Waals surface area contributed by atoms with Crippen LogP contribution < -0.4 is 0 Å². The zero-order valence-electron chi connectivity index (χ0n) is 6.82. The Balaban J connectivity index is 2.77. The average Bonchev–Trinajstić information content (AvgIpc) is 2.56. The third-order valence-corrected chi connectivity index (χ3v) is 2.95. The number of aromatic carboxylic acids is 1. The van der Waals surface area contributed by atoms with Crippen LogP contribution in [0.3, 0.4) is 0 Å². The molecule has 0 unspecified atom stereocenters. The van der Waals surface area contributed by atoms with Gasteiger partial charge in [-0.05, 0) is 23.6 Å². The molecule has 0 aliphatic rings. The minimum absolute atomic E-state index is 0.0597. The number of thiophene rings is 1. The van der Waals surface area contributed by atoms with E-state index in [1.165, 1.54) is 18.2 Å². The number of carbonyl (C=O) groups is 1. The lowest BCUT2D eigenvalue weighted by atomic mass is 10.2. The van der Waals surface area contributed by atoms with Gasteiger partial charge in [0, 0.05) is 0 Å². The lowest BCUT2D eigenvalue weighted by molar-refractivity contribution is 0.0702. The fraction of sp³-hybridized carbons (Fsp3) is 0. The van der Waals surface area contributed by atoms with E-state index in [4.69, 9.17) is 10.2 Å². The minimum Gasteiger partial charge on any atom is -0.505 e. The first-order chi connectivity index (χ1) is 6.59. The van der Waals surface area contributed by atoms with Crippen LogP contribution in [-0.4, -0.2) is 16.2 Å². The van der Waals surface area contributed by atoms with Gasteiger partial charge in [-0.2, -0.15) is 0 Å². The predicted octanol–water partition coefficient (Wildman–Crippen LogP) is 2.44. The molecule has 0 radical (unpaired) electrons. The number of fused-ring (bicyclic) bond motifs is 1. The van der Waals surface area contributed by atoms with Crippen molar-refractivity contribution in [2.75, 3.05) is 0 Å². The van der Waals surface area contributed by atoms with Gasteiger partial charge in [0.2, 0.25) is 0 Å². The molecule has 0 amide bonds. The van der Waals surface area contributed by atoms with Crippen LogP contribution in [0, 0.1) is 5.82 Å².